The average Bonchev–Trinajstić information content (AvgIpc) is 2.33. The Labute approximate surface area is 107 Å². The van der Waals surface area contributed by atoms with Gasteiger partial charge in [0.2, 0.25) is 5.91 Å². The van der Waals surface area contributed by atoms with E-state index in [0.29, 0.717) is 13.2 Å². The molecule has 0 aliphatic rings. The number of amidine groups is 1. The Morgan fingerprint density at radius 3 is 2.44 bits per heavy atom. The van der Waals surface area contributed by atoms with E-state index in [1.165, 1.54) is 12.0 Å². The molecule has 0 aliphatic carbocycles. The lowest BCUT2D eigenvalue weighted by molar-refractivity contribution is -0.135. The Morgan fingerprint density at radius 2 is 2.06 bits per heavy atom. The van der Waals surface area contributed by atoms with Crippen LogP contribution >= 0.6 is 0 Å². The van der Waals surface area contributed by atoms with Gasteiger partial charge in [0.1, 0.15) is 5.92 Å². The maximum absolute atomic E-state index is 12.3. The number of oxime groups is 1. The smallest absolute Gasteiger partial charge is 0.233 e. The number of hydrogen-bond acceptors (Lipinski definition) is 5. The molecule has 0 aromatic heterocycles. The van der Waals surface area contributed by atoms with E-state index < -0.39 is 5.92 Å². The number of rotatable bonds is 8. The van der Waals surface area contributed by atoms with Gasteiger partial charge in [0.05, 0.1) is 13.2 Å². The Bertz CT molecular complexity index is 281. The lowest BCUT2D eigenvalue weighted by atomic mass is 9.93. The Balaban J connectivity index is 4.88. The van der Waals surface area contributed by atoms with E-state index in [-0.39, 0.29) is 30.8 Å². The van der Waals surface area contributed by atoms with E-state index in [0.717, 1.165) is 0 Å². The van der Waals surface area contributed by atoms with E-state index >= 15 is 0 Å². The molecular weight excluding hydrogens is 238 g/mol. The van der Waals surface area contributed by atoms with Crippen LogP contribution in [-0.4, -0.2) is 60.4 Å². The molecule has 0 radical (unpaired) electrons. The van der Waals surface area contributed by atoms with Crippen molar-refractivity contribution in [2.45, 2.75) is 13.8 Å². The van der Waals surface area contributed by atoms with Crippen LogP contribution < -0.4 is 5.73 Å². The third-order valence-corrected chi connectivity index (χ3v) is 2.61. The van der Waals surface area contributed by atoms with E-state index in [4.69, 9.17) is 20.8 Å². The molecule has 0 aliphatic heterocycles. The summed E-state index contributed by atoms with van der Waals surface area (Å²) < 4.78 is 4.91. The molecule has 7 nitrogen and oxygen atoms in total. The molecule has 1 atom stereocenters. The Hall–Kier alpha value is -1.34. The zero-order chi connectivity index (χ0) is 14.1. The SMILES string of the molecule is COCCN(CCO)C(=O)C(C(N)=NO)C(C)C. The van der Waals surface area contributed by atoms with Gasteiger partial charge in [-0.15, -0.1) is 0 Å². The molecule has 18 heavy (non-hydrogen) atoms. The lowest BCUT2D eigenvalue weighted by Crippen LogP contribution is -2.46. The highest BCUT2D eigenvalue weighted by Crippen LogP contribution is 2.14. The first-order chi connectivity index (χ1) is 8.49. The van der Waals surface area contributed by atoms with Crippen LogP contribution in [0.3, 0.4) is 0 Å². The third kappa shape index (κ3) is 4.89. The van der Waals surface area contributed by atoms with Gasteiger partial charge in [0.25, 0.3) is 0 Å². The predicted molar refractivity (Wildman–Crippen MR) is 67.3 cm³/mol. The van der Waals surface area contributed by atoms with E-state index in [9.17, 15) is 4.79 Å². The molecule has 0 fully saturated rings. The second-order valence-corrected chi connectivity index (χ2v) is 4.29. The third-order valence-electron chi connectivity index (χ3n) is 2.61. The Kier molecular flexibility index (Phi) is 8.06. The lowest BCUT2D eigenvalue weighted by Gasteiger charge is -2.27. The number of ether oxygens (including phenoxy) is 1. The monoisotopic (exact) mass is 261 g/mol. The van der Waals surface area contributed by atoms with Crippen molar-refractivity contribution >= 4 is 11.7 Å². The van der Waals surface area contributed by atoms with Crippen LogP contribution in [0.25, 0.3) is 0 Å². The minimum atomic E-state index is -0.696. The quantitative estimate of drug-likeness (QED) is 0.236. The first kappa shape index (κ1) is 16.7. The van der Waals surface area contributed by atoms with E-state index in [1.807, 2.05) is 13.8 Å². The molecule has 0 bridgehead atoms. The molecule has 0 spiro atoms. The summed E-state index contributed by atoms with van der Waals surface area (Å²) in [4.78, 5) is 13.7. The minimum Gasteiger partial charge on any atom is -0.409 e. The van der Waals surface area contributed by atoms with Crippen molar-refractivity contribution in [3.63, 3.8) is 0 Å². The fraction of sp³-hybridized carbons (Fsp3) is 0.818. The molecular formula is C11H23N3O4. The molecule has 7 heteroatoms. The first-order valence-corrected chi connectivity index (χ1v) is 5.85. The van der Waals surface area contributed by atoms with Gasteiger partial charge < -0.3 is 25.7 Å². The highest BCUT2D eigenvalue weighted by Gasteiger charge is 2.30. The molecule has 0 saturated heterocycles. The Morgan fingerprint density at radius 1 is 1.44 bits per heavy atom. The van der Waals surface area contributed by atoms with Crippen molar-refractivity contribution in [3.8, 4) is 0 Å². The molecule has 0 saturated carbocycles. The predicted octanol–water partition coefficient (Wildman–Crippen LogP) is -0.528. The number of nitrogens with zero attached hydrogens (tertiary/aromatic N) is 2. The van der Waals surface area contributed by atoms with Crippen LogP contribution in [0.4, 0.5) is 0 Å². The van der Waals surface area contributed by atoms with Crippen LogP contribution in [0.5, 0.6) is 0 Å². The number of methoxy groups -OCH3 is 1. The molecule has 4 N–H and O–H groups in total. The van der Waals surface area contributed by atoms with Gasteiger partial charge in [0.15, 0.2) is 5.84 Å². The normalized spacial score (nSPS) is 13.7. The van der Waals surface area contributed by atoms with Gasteiger partial charge in [-0.2, -0.15) is 0 Å². The van der Waals surface area contributed by atoms with Gasteiger partial charge in [0, 0.05) is 20.2 Å². The number of hydrogen-bond donors (Lipinski definition) is 3. The highest BCUT2D eigenvalue weighted by molar-refractivity contribution is 6.02. The number of aliphatic hydroxyl groups is 1. The maximum Gasteiger partial charge on any atom is 0.233 e. The fourth-order valence-corrected chi connectivity index (χ4v) is 1.67. The van der Waals surface area contributed by atoms with Crippen LogP contribution in [0.1, 0.15) is 13.8 Å². The van der Waals surface area contributed by atoms with Gasteiger partial charge in [-0.3, -0.25) is 4.79 Å². The summed E-state index contributed by atoms with van der Waals surface area (Å²) in [5, 5.41) is 20.6. The van der Waals surface area contributed by atoms with Crippen LogP contribution in [-0.2, 0) is 9.53 Å². The van der Waals surface area contributed by atoms with Crippen molar-refractivity contribution in [1.82, 2.24) is 4.90 Å². The largest absolute Gasteiger partial charge is 0.409 e. The van der Waals surface area contributed by atoms with Crippen LogP contribution in [0, 0.1) is 11.8 Å². The van der Waals surface area contributed by atoms with Crippen molar-refractivity contribution in [2.24, 2.45) is 22.7 Å². The standard InChI is InChI=1S/C11H23N3O4/c1-8(2)9(10(12)13-17)11(16)14(4-6-15)5-7-18-3/h8-9,15,17H,4-7H2,1-3H3,(H2,12,13). The molecule has 0 rings (SSSR count). The second kappa shape index (κ2) is 8.71. The summed E-state index contributed by atoms with van der Waals surface area (Å²) in [6, 6.07) is 0. The van der Waals surface area contributed by atoms with Crippen molar-refractivity contribution in [3.05, 3.63) is 0 Å². The molecule has 0 aromatic carbocycles. The highest BCUT2D eigenvalue weighted by atomic mass is 16.5. The summed E-state index contributed by atoms with van der Waals surface area (Å²) in [7, 11) is 1.53. The van der Waals surface area contributed by atoms with Crippen LogP contribution in [0.2, 0.25) is 0 Å². The van der Waals surface area contributed by atoms with Gasteiger partial charge >= 0.3 is 0 Å². The number of carbonyl (C=O) groups is 1. The van der Waals surface area contributed by atoms with Gasteiger partial charge in [-0.05, 0) is 5.92 Å². The summed E-state index contributed by atoms with van der Waals surface area (Å²) in [5.41, 5.74) is 5.54. The van der Waals surface area contributed by atoms with Crippen molar-refractivity contribution in [2.75, 3.05) is 33.4 Å². The first-order valence-electron chi connectivity index (χ1n) is 5.85. The summed E-state index contributed by atoms with van der Waals surface area (Å²) in [5.74, 6) is -1.18. The molecule has 1 unspecified atom stereocenters. The number of nitrogens with two attached hydrogens (primary N) is 1. The van der Waals surface area contributed by atoms with Crippen molar-refractivity contribution < 1.29 is 19.8 Å². The molecule has 0 aromatic rings. The van der Waals surface area contributed by atoms with E-state index in [1.54, 1.807) is 0 Å². The number of amides is 1. The minimum absolute atomic E-state index is 0.0999. The molecule has 106 valence electrons. The number of carbonyl (C=O) groups excluding carboxylic acids is 1. The summed E-state index contributed by atoms with van der Waals surface area (Å²) in [6.45, 7) is 4.41. The molecule has 0 heterocycles. The van der Waals surface area contributed by atoms with E-state index in [2.05, 4.69) is 5.16 Å². The van der Waals surface area contributed by atoms with Gasteiger partial charge in [-0.1, -0.05) is 19.0 Å². The van der Waals surface area contributed by atoms with Gasteiger partial charge in [-0.25, -0.2) is 0 Å². The number of aliphatic hydroxyl groups excluding tert-OH is 1. The average molecular weight is 261 g/mol. The van der Waals surface area contributed by atoms with Crippen molar-refractivity contribution in [1.29, 1.82) is 0 Å². The van der Waals surface area contributed by atoms with Crippen LogP contribution in [0.15, 0.2) is 5.16 Å². The molecule has 1 amide bonds. The maximum atomic E-state index is 12.3. The zero-order valence-electron chi connectivity index (χ0n) is 11.2. The zero-order valence-corrected chi connectivity index (χ0v) is 11.2. The summed E-state index contributed by atoms with van der Waals surface area (Å²) in [6.07, 6.45) is 0. The summed E-state index contributed by atoms with van der Waals surface area (Å²) >= 11 is 0. The fourth-order valence-electron chi connectivity index (χ4n) is 1.67. The topological polar surface area (TPSA) is 108 Å². The second-order valence-electron chi connectivity index (χ2n) is 4.29.